The van der Waals surface area contributed by atoms with Gasteiger partial charge in [-0.3, -0.25) is 0 Å². The van der Waals surface area contributed by atoms with Crippen molar-refractivity contribution in [1.82, 2.24) is 0 Å². The zero-order chi connectivity index (χ0) is 22.1. The van der Waals surface area contributed by atoms with Crippen molar-refractivity contribution in [3.63, 3.8) is 0 Å². The van der Waals surface area contributed by atoms with Crippen LogP contribution in [0.4, 0.5) is 0 Å². The molecule has 0 spiro atoms. The highest BCUT2D eigenvalue weighted by Crippen LogP contribution is 2.59. The fourth-order valence-electron chi connectivity index (χ4n) is 6.17. The van der Waals surface area contributed by atoms with Crippen LogP contribution in [0.5, 0.6) is 0 Å². The molecule has 0 aromatic rings. The first-order valence-corrected chi connectivity index (χ1v) is 12.9. The maximum absolute atomic E-state index is 11.1. The second-order valence-corrected chi connectivity index (χ2v) is 12.2. The van der Waals surface area contributed by atoms with E-state index in [-0.39, 0.29) is 23.5 Å². The molecule has 3 aliphatic rings. The standard InChI is InChI=1S/C26H42O3S/c1-17-19(8-6-10-22(17)27)11-12-20-9-7-13-26(5)21(20)16-23(28)24(26)18(2)30-15-14-25(3,4)29/h11-12,18,21-24,27-29H,1,6-10,13-16H2,2-5H3/b19-11-,20-12+/t18-,21?,22?,23?,24?,26?/m0/s1. The molecule has 0 radical (unpaired) electrons. The molecular formula is C26H42O3S. The third-order valence-electron chi connectivity index (χ3n) is 7.92. The van der Waals surface area contributed by atoms with Crippen molar-refractivity contribution in [3.05, 3.63) is 35.5 Å². The Kier molecular flexibility index (Phi) is 7.65. The lowest BCUT2D eigenvalue weighted by Gasteiger charge is -2.44. The van der Waals surface area contributed by atoms with Crippen molar-refractivity contribution in [2.75, 3.05) is 5.75 Å². The molecule has 0 amide bonds. The maximum atomic E-state index is 11.1. The minimum Gasteiger partial charge on any atom is -0.393 e. The molecule has 30 heavy (non-hydrogen) atoms. The van der Waals surface area contributed by atoms with E-state index in [1.165, 1.54) is 24.0 Å². The highest BCUT2D eigenvalue weighted by atomic mass is 32.2. The van der Waals surface area contributed by atoms with Gasteiger partial charge in [-0.05, 0) is 93.4 Å². The lowest BCUT2D eigenvalue weighted by Crippen LogP contribution is -2.39. The molecular weight excluding hydrogens is 392 g/mol. The van der Waals surface area contributed by atoms with E-state index in [2.05, 4.69) is 32.6 Å². The fraction of sp³-hybridized carbons (Fsp3) is 0.769. The van der Waals surface area contributed by atoms with Gasteiger partial charge in [0.1, 0.15) is 0 Å². The zero-order valence-electron chi connectivity index (χ0n) is 19.4. The van der Waals surface area contributed by atoms with Crippen LogP contribution in [0.3, 0.4) is 0 Å². The number of aliphatic hydroxyl groups is 3. The summed E-state index contributed by atoms with van der Waals surface area (Å²) in [5, 5.41) is 31.6. The first-order valence-electron chi connectivity index (χ1n) is 11.8. The van der Waals surface area contributed by atoms with Crippen molar-refractivity contribution in [3.8, 4) is 0 Å². The molecule has 0 aromatic heterocycles. The Labute approximate surface area is 187 Å². The summed E-state index contributed by atoms with van der Waals surface area (Å²) in [6.07, 6.45) is 11.8. The molecule has 0 aliphatic heterocycles. The highest BCUT2D eigenvalue weighted by molar-refractivity contribution is 7.99. The number of rotatable bonds is 6. The van der Waals surface area contributed by atoms with Gasteiger partial charge in [0.25, 0.3) is 0 Å². The summed E-state index contributed by atoms with van der Waals surface area (Å²) >= 11 is 1.91. The van der Waals surface area contributed by atoms with Crippen LogP contribution < -0.4 is 0 Å². The highest BCUT2D eigenvalue weighted by Gasteiger charge is 2.55. The van der Waals surface area contributed by atoms with E-state index in [0.29, 0.717) is 11.2 Å². The van der Waals surface area contributed by atoms with Crippen LogP contribution in [0.2, 0.25) is 0 Å². The smallest absolute Gasteiger partial charge is 0.0787 e. The summed E-state index contributed by atoms with van der Waals surface area (Å²) in [5.41, 5.74) is 3.06. The second-order valence-electron chi connectivity index (χ2n) is 10.7. The van der Waals surface area contributed by atoms with Crippen LogP contribution >= 0.6 is 11.8 Å². The van der Waals surface area contributed by atoms with Gasteiger partial charge in [0.15, 0.2) is 0 Å². The topological polar surface area (TPSA) is 60.7 Å². The minimum absolute atomic E-state index is 0.131. The fourth-order valence-corrected chi connectivity index (χ4v) is 7.86. The van der Waals surface area contributed by atoms with E-state index in [0.717, 1.165) is 49.9 Å². The largest absolute Gasteiger partial charge is 0.393 e. The van der Waals surface area contributed by atoms with Gasteiger partial charge in [-0.1, -0.05) is 38.2 Å². The molecule has 5 unspecified atom stereocenters. The summed E-state index contributed by atoms with van der Waals surface area (Å²) < 4.78 is 0. The molecule has 6 atom stereocenters. The SMILES string of the molecule is C=C1/C(=C\C=C2/CCCC3(C)C2CC(O)C3[C@H](C)SCCC(C)(C)O)CCCC1O. The van der Waals surface area contributed by atoms with E-state index < -0.39 is 5.60 Å². The molecule has 3 N–H and O–H groups in total. The van der Waals surface area contributed by atoms with Crippen LogP contribution in [0.25, 0.3) is 0 Å². The average molecular weight is 435 g/mol. The van der Waals surface area contributed by atoms with Crippen LogP contribution in [0.1, 0.15) is 79.1 Å². The van der Waals surface area contributed by atoms with Gasteiger partial charge in [-0.25, -0.2) is 0 Å². The Morgan fingerprint density at radius 1 is 1.23 bits per heavy atom. The molecule has 0 aromatic carbocycles. The Bertz CT molecular complexity index is 689. The van der Waals surface area contributed by atoms with E-state index in [1.54, 1.807) is 0 Å². The predicted molar refractivity (Wildman–Crippen MR) is 128 cm³/mol. The lowest BCUT2D eigenvalue weighted by atomic mass is 9.63. The Morgan fingerprint density at radius 2 is 1.97 bits per heavy atom. The van der Waals surface area contributed by atoms with Crippen molar-refractivity contribution in [2.45, 2.75) is 102 Å². The predicted octanol–water partition coefficient (Wildman–Crippen LogP) is 5.41. The monoisotopic (exact) mass is 434 g/mol. The molecule has 0 heterocycles. The van der Waals surface area contributed by atoms with Gasteiger partial charge in [0.05, 0.1) is 17.8 Å². The molecule has 0 saturated heterocycles. The van der Waals surface area contributed by atoms with Crippen LogP contribution in [-0.4, -0.2) is 44.1 Å². The maximum Gasteiger partial charge on any atom is 0.0787 e. The van der Waals surface area contributed by atoms with Crippen molar-refractivity contribution < 1.29 is 15.3 Å². The average Bonchev–Trinajstić information content (AvgIpc) is 2.92. The first kappa shape index (κ1) is 24.1. The van der Waals surface area contributed by atoms with Gasteiger partial charge in [0.2, 0.25) is 0 Å². The molecule has 3 aliphatic carbocycles. The number of fused-ring (bicyclic) bond motifs is 1. The first-order chi connectivity index (χ1) is 14.0. The molecule has 3 fully saturated rings. The molecule has 3 rings (SSSR count). The van der Waals surface area contributed by atoms with E-state index in [4.69, 9.17) is 0 Å². The van der Waals surface area contributed by atoms with Gasteiger partial charge in [-0.15, -0.1) is 0 Å². The van der Waals surface area contributed by atoms with Gasteiger partial charge >= 0.3 is 0 Å². The van der Waals surface area contributed by atoms with Crippen LogP contribution in [-0.2, 0) is 0 Å². The molecule has 3 saturated carbocycles. The number of allylic oxidation sites excluding steroid dienone is 3. The van der Waals surface area contributed by atoms with E-state index in [9.17, 15) is 15.3 Å². The molecule has 4 heteroatoms. The van der Waals surface area contributed by atoms with Gasteiger partial charge in [-0.2, -0.15) is 11.8 Å². The summed E-state index contributed by atoms with van der Waals surface area (Å²) in [5.74, 6) is 1.65. The van der Waals surface area contributed by atoms with Crippen LogP contribution in [0.15, 0.2) is 35.5 Å². The summed E-state index contributed by atoms with van der Waals surface area (Å²) in [6, 6.07) is 0. The lowest BCUT2D eigenvalue weighted by molar-refractivity contribution is 0.0685. The number of hydrogen-bond acceptors (Lipinski definition) is 4. The van der Waals surface area contributed by atoms with Crippen molar-refractivity contribution in [2.24, 2.45) is 17.3 Å². The molecule has 170 valence electrons. The van der Waals surface area contributed by atoms with Gasteiger partial charge in [0, 0.05) is 11.2 Å². The van der Waals surface area contributed by atoms with Crippen molar-refractivity contribution in [1.29, 1.82) is 0 Å². The number of thioether (sulfide) groups is 1. The summed E-state index contributed by atoms with van der Waals surface area (Å²) in [4.78, 5) is 0. The van der Waals surface area contributed by atoms with E-state index in [1.807, 2.05) is 25.6 Å². The second kappa shape index (κ2) is 9.52. The van der Waals surface area contributed by atoms with E-state index >= 15 is 0 Å². The van der Waals surface area contributed by atoms with Crippen LogP contribution in [0, 0.1) is 17.3 Å². The zero-order valence-corrected chi connectivity index (χ0v) is 20.2. The Hall–Kier alpha value is -0.550. The third-order valence-corrected chi connectivity index (χ3v) is 9.17. The Balaban J connectivity index is 1.74. The third kappa shape index (κ3) is 5.26. The minimum atomic E-state index is -0.627. The summed E-state index contributed by atoms with van der Waals surface area (Å²) in [6.45, 7) is 12.5. The quantitative estimate of drug-likeness (QED) is 0.523. The molecule has 3 nitrogen and oxygen atoms in total. The normalized spacial score (nSPS) is 38.8. The number of hydrogen-bond donors (Lipinski definition) is 3. The number of aliphatic hydroxyl groups excluding tert-OH is 2. The summed E-state index contributed by atoms with van der Waals surface area (Å²) in [7, 11) is 0. The Morgan fingerprint density at radius 3 is 2.67 bits per heavy atom. The molecule has 0 bridgehead atoms. The van der Waals surface area contributed by atoms with Gasteiger partial charge < -0.3 is 15.3 Å². The van der Waals surface area contributed by atoms with Crippen molar-refractivity contribution >= 4 is 11.8 Å².